The van der Waals surface area contributed by atoms with Crippen molar-refractivity contribution in [2.45, 2.75) is 36.8 Å². The number of fused-ring (bicyclic) bond motifs is 1. The molecule has 1 fully saturated rings. The highest BCUT2D eigenvalue weighted by Gasteiger charge is 2.38. The van der Waals surface area contributed by atoms with Crippen molar-refractivity contribution in [1.82, 2.24) is 13.7 Å². The summed E-state index contributed by atoms with van der Waals surface area (Å²) in [5.41, 5.74) is 0.461. The number of sulfonamides is 1. The molecule has 2 aromatic heterocycles. The molecule has 3 rings (SSSR count). The van der Waals surface area contributed by atoms with Gasteiger partial charge in [0.1, 0.15) is 5.65 Å². The highest BCUT2D eigenvalue weighted by molar-refractivity contribution is 7.89. The standard InChI is InChI=1S/C15H18ClN3O4S/c1-23-13(20)10-11-6-2-5-9-19(11)24(21,22)15-14(16)17-12-7-3-4-8-18(12)15/h3-4,7-8,11H,2,5-6,9-10H2,1H3/t11-/m0/s1. The van der Waals surface area contributed by atoms with E-state index < -0.39 is 22.0 Å². The zero-order valence-corrected chi connectivity index (χ0v) is 14.8. The number of halogens is 1. The van der Waals surface area contributed by atoms with Crippen LogP contribution in [0.4, 0.5) is 0 Å². The van der Waals surface area contributed by atoms with Crippen LogP contribution in [0.25, 0.3) is 5.65 Å². The summed E-state index contributed by atoms with van der Waals surface area (Å²) in [5.74, 6) is -0.425. The molecular formula is C15H18ClN3O4S. The van der Waals surface area contributed by atoms with Gasteiger partial charge >= 0.3 is 5.97 Å². The smallest absolute Gasteiger partial charge is 0.307 e. The maximum absolute atomic E-state index is 13.2. The lowest BCUT2D eigenvalue weighted by molar-refractivity contribution is -0.141. The minimum Gasteiger partial charge on any atom is -0.469 e. The normalized spacial score (nSPS) is 19.5. The van der Waals surface area contributed by atoms with E-state index in [4.69, 9.17) is 16.3 Å². The Kier molecular flexibility index (Phi) is 4.80. The molecule has 0 spiro atoms. The first-order valence-corrected chi connectivity index (χ1v) is 9.48. The van der Waals surface area contributed by atoms with Crippen LogP contribution >= 0.6 is 11.6 Å². The van der Waals surface area contributed by atoms with Crippen LogP contribution in [-0.2, 0) is 19.6 Å². The first-order valence-electron chi connectivity index (χ1n) is 7.66. The molecule has 9 heteroatoms. The van der Waals surface area contributed by atoms with Crippen LogP contribution in [0.5, 0.6) is 0 Å². The summed E-state index contributed by atoms with van der Waals surface area (Å²) >= 11 is 6.12. The highest BCUT2D eigenvalue weighted by Crippen LogP contribution is 2.31. The number of imidazole rings is 1. The van der Waals surface area contributed by atoms with Crippen LogP contribution < -0.4 is 0 Å². The number of carbonyl (C=O) groups excluding carboxylic acids is 1. The van der Waals surface area contributed by atoms with Gasteiger partial charge in [-0.3, -0.25) is 9.20 Å². The molecule has 1 aliphatic heterocycles. The monoisotopic (exact) mass is 371 g/mol. The van der Waals surface area contributed by atoms with Gasteiger partial charge in [-0.1, -0.05) is 24.1 Å². The van der Waals surface area contributed by atoms with Crippen LogP contribution in [-0.4, -0.2) is 47.8 Å². The second-order valence-corrected chi connectivity index (χ2v) is 7.85. The number of carbonyl (C=O) groups is 1. The fourth-order valence-corrected chi connectivity index (χ4v) is 5.35. The molecule has 7 nitrogen and oxygen atoms in total. The number of piperidine rings is 1. The SMILES string of the molecule is COC(=O)C[C@@H]1CCCCN1S(=O)(=O)c1c(Cl)nc2ccccn12. The highest BCUT2D eigenvalue weighted by atomic mass is 35.5. The second-order valence-electron chi connectivity index (χ2n) is 5.68. The van der Waals surface area contributed by atoms with Gasteiger partial charge in [0.05, 0.1) is 13.5 Å². The van der Waals surface area contributed by atoms with Gasteiger partial charge in [0, 0.05) is 18.8 Å². The average Bonchev–Trinajstić information content (AvgIpc) is 2.91. The molecule has 2 aromatic rings. The molecule has 130 valence electrons. The number of hydrogen-bond donors (Lipinski definition) is 0. The number of methoxy groups -OCH3 is 1. The number of nitrogens with zero attached hydrogens (tertiary/aromatic N) is 3. The quantitative estimate of drug-likeness (QED) is 0.769. The molecule has 1 atom stereocenters. The fourth-order valence-electron chi connectivity index (χ4n) is 3.06. The maximum atomic E-state index is 13.2. The number of aromatic nitrogens is 2. The first kappa shape index (κ1) is 17.2. The number of ether oxygens (including phenoxy) is 1. The molecule has 0 aromatic carbocycles. The summed E-state index contributed by atoms with van der Waals surface area (Å²) in [4.78, 5) is 15.7. The molecule has 0 aliphatic carbocycles. The Bertz CT molecular complexity index is 865. The number of hydrogen-bond acceptors (Lipinski definition) is 5. The molecule has 0 bridgehead atoms. The van der Waals surface area contributed by atoms with Crippen molar-refractivity contribution in [3.63, 3.8) is 0 Å². The molecule has 0 saturated carbocycles. The summed E-state index contributed by atoms with van der Waals surface area (Å²) in [6, 6.07) is 4.73. The Hall–Kier alpha value is -1.64. The van der Waals surface area contributed by atoms with Gasteiger partial charge in [0.15, 0.2) is 10.2 Å². The summed E-state index contributed by atoms with van der Waals surface area (Å²) in [5, 5.41) is -0.125. The zero-order valence-electron chi connectivity index (χ0n) is 13.2. The average molecular weight is 372 g/mol. The van der Waals surface area contributed by atoms with Crippen LogP contribution in [0, 0.1) is 0 Å². The van der Waals surface area contributed by atoms with E-state index in [-0.39, 0.29) is 16.6 Å². The Morgan fingerprint density at radius 1 is 1.42 bits per heavy atom. The van der Waals surface area contributed by atoms with E-state index in [1.54, 1.807) is 24.4 Å². The van der Waals surface area contributed by atoms with Crippen molar-refractivity contribution in [2.24, 2.45) is 0 Å². The second kappa shape index (κ2) is 6.70. The van der Waals surface area contributed by atoms with Gasteiger partial charge in [-0.25, -0.2) is 13.4 Å². The van der Waals surface area contributed by atoms with Crippen molar-refractivity contribution in [1.29, 1.82) is 0 Å². The lowest BCUT2D eigenvalue weighted by Gasteiger charge is -2.33. The van der Waals surface area contributed by atoms with Gasteiger partial charge in [-0.2, -0.15) is 4.31 Å². The van der Waals surface area contributed by atoms with E-state index >= 15 is 0 Å². The minimum atomic E-state index is -3.88. The van der Waals surface area contributed by atoms with Crippen LogP contribution in [0.3, 0.4) is 0 Å². The third-order valence-electron chi connectivity index (χ3n) is 4.20. The Morgan fingerprint density at radius 2 is 2.21 bits per heavy atom. The van der Waals surface area contributed by atoms with Crippen molar-refractivity contribution < 1.29 is 17.9 Å². The van der Waals surface area contributed by atoms with Gasteiger partial charge in [0.25, 0.3) is 10.0 Å². The molecular weight excluding hydrogens is 354 g/mol. The van der Waals surface area contributed by atoms with Gasteiger partial charge in [-0.05, 0) is 25.0 Å². The topological polar surface area (TPSA) is 81.0 Å². The van der Waals surface area contributed by atoms with Crippen molar-refractivity contribution in [3.8, 4) is 0 Å². The first-order chi connectivity index (χ1) is 11.4. The van der Waals surface area contributed by atoms with Gasteiger partial charge in [-0.15, -0.1) is 0 Å². The lowest BCUT2D eigenvalue weighted by atomic mass is 10.0. The van der Waals surface area contributed by atoms with Crippen molar-refractivity contribution in [2.75, 3.05) is 13.7 Å². The van der Waals surface area contributed by atoms with Crippen molar-refractivity contribution in [3.05, 3.63) is 29.5 Å². The third-order valence-corrected chi connectivity index (χ3v) is 6.55. The van der Waals surface area contributed by atoms with E-state index in [0.29, 0.717) is 18.6 Å². The summed E-state index contributed by atoms with van der Waals surface area (Å²) in [6.45, 7) is 0.348. The Labute approximate surface area is 145 Å². The number of rotatable bonds is 4. The third kappa shape index (κ3) is 3.01. The maximum Gasteiger partial charge on any atom is 0.307 e. The van der Waals surface area contributed by atoms with Crippen LogP contribution in [0.15, 0.2) is 29.4 Å². The van der Waals surface area contributed by atoms with Crippen LogP contribution in [0.2, 0.25) is 5.15 Å². The molecule has 1 aliphatic rings. The Morgan fingerprint density at radius 3 is 2.96 bits per heavy atom. The molecule has 1 saturated heterocycles. The van der Waals surface area contributed by atoms with E-state index in [2.05, 4.69) is 4.98 Å². The molecule has 3 heterocycles. The predicted molar refractivity (Wildman–Crippen MR) is 88.4 cm³/mol. The van der Waals surface area contributed by atoms with Crippen LogP contribution in [0.1, 0.15) is 25.7 Å². The van der Waals surface area contributed by atoms with Crippen molar-refractivity contribution >= 4 is 33.2 Å². The summed E-state index contributed by atoms with van der Waals surface area (Å²) in [6.07, 6.45) is 3.87. The van der Waals surface area contributed by atoms with E-state index in [1.165, 1.54) is 15.8 Å². The lowest BCUT2D eigenvalue weighted by Crippen LogP contribution is -2.45. The molecule has 0 unspecified atom stereocenters. The van der Waals surface area contributed by atoms with E-state index in [9.17, 15) is 13.2 Å². The van der Waals surface area contributed by atoms with E-state index in [1.807, 2.05) is 0 Å². The predicted octanol–water partition coefficient (Wildman–Crippen LogP) is 2.09. The Balaban J connectivity index is 2.04. The number of pyridine rings is 1. The van der Waals surface area contributed by atoms with E-state index in [0.717, 1.165) is 12.8 Å². The largest absolute Gasteiger partial charge is 0.469 e. The number of esters is 1. The summed E-state index contributed by atoms with van der Waals surface area (Å²) < 4.78 is 33.9. The van der Waals surface area contributed by atoms with Gasteiger partial charge < -0.3 is 4.74 Å². The molecule has 0 radical (unpaired) electrons. The zero-order chi connectivity index (χ0) is 17.3. The molecule has 0 amide bonds. The fraction of sp³-hybridized carbons (Fsp3) is 0.467. The summed E-state index contributed by atoms with van der Waals surface area (Å²) in [7, 11) is -2.59. The molecule has 24 heavy (non-hydrogen) atoms. The minimum absolute atomic E-state index is 0.0318. The molecule has 0 N–H and O–H groups in total. The van der Waals surface area contributed by atoms with Gasteiger partial charge in [0.2, 0.25) is 0 Å².